The quantitative estimate of drug-likeness (QED) is 0.479. The Morgan fingerprint density at radius 2 is 1.88 bits per heavy atom. The van der Waals surface area contributed by atoms with Gasteiger partial charge in [-0.25, -0.2) is 14.6 Å². The Balaban J connectivity index is 1.53. The molecule has 0 radical (unpaired) electrons. The summed E-state index contributed by atoms with van der Waals surface area (Å²) in [6.45, 7) is 0. The zero-order valence-corrected chi connectivity index (χ0v) is 20.7. The molecule has 3 N–H and O–H groups in total. The number of benzene rings is 1. The summed E-state index contributed by atoms with van der Waals surface area (Å²) in [4.78, 5) is 31.3. The number of thioether (sulfide) groups is 1. The first-order valence-corrected chi connectivity index (χ1v) is 12.8. The van der Waals surface area contributed by atoms with Crippen molar-refractivity contribution in [2.24, 2.45) is 0 Å². The molecule has 1 unspecified atom stereocenters. The molecular weight excluding hydrogens is 438 g/mol. The number of nitrogens with zero attached hydrogens (tertiary/aromatic N) is 2. The van der Waals surface area contributed by atoms with Crippen LogP contribution in [0.3, 0.4) is 0 Å². The third-order valence-electron chi connectivity index (χ3n) is 5.99. The van der Waals surface area contributed by atoms with Crippen LogP contribution in [-0.4, -0.2) is 68.3 Å². The molecule has 1 heterocycles. The Bertz CT molecular complexity index is 947. The molecule has 1 aliphatic rings. The molecule has 33 heavy (non-hydrogen) atoms. The first-order valence-electron chi connectivity index (χ1n) is 11.4. The summed E-state index contributed by atoms with van der Waals surface area (Å²) >= 11 is 1.63. The van der Waals surface area contributed by atoms with E-state index >= 15 is 0 Å². The lowest BCUT2D eigenvalue weighted by molar-refractivity contribution is -0.142. The summed E-state index contributed by atoms with van der Waals surface area (Å²) in [5.74, 6) is 1.24. The van der Waals surface area contributed by atoms with E-state index in [1.165, 1.54) is 7.11 Å². The first kappa shape index (κ1) is 25.0. The van der Waals surface area contributed by atoms with Crippen molar-refractivity contribution >= 4 is 46.2 Å². The van der Waals surface area contributed by atoms with E-state index in [1.54, 1.807) is 11.8 Å². The zero-order valence-electron chi connectivity index (χ0n) is 19.9. The number of fused-ring (bicyclic) bond motifs is 1. The van der Waals surface area contributed by atoms with E-state index in [2.05, 4.69) is 33.0 Å². The van der Waals surface area contributed by atoms with Gasteiger partial charge in [-0.3, -0.25) is 0 Å². The minimum absolute atomic E-state index is 0.0868. The number of nitrogens with one attached hydrogen (secondary N) is 3. The smallest absolute Gasteiger partial charge is 0.328 e. The van der Waals surface area contributed by atoms with Crippen molar-refractivity contribution in [1.82, 2.24) is 15.6 Å². The van der Waals surface area contributed by atoms with E-state index in [-0.39, 0.29) is 12.1 Å². The Kier molecular flexibility index (Phi) is 9.05. The van der Waals surface area contributed by atoms with Crippen molar-refractivity contribution in [1.29, 1.82) is 0 Å². The van der Waals surface area contributed by atoms with Crippen molar-refractivity contribution in [3.05, 3.63) is 30.3 Å². The van der Waals surface area contributed by atoms with Crippen LogP contribution in [0.2, 0.25) is 0 Å². The number of para-hydroxylation sites is 1. The minimum atomic E-state index is -0.620. The molecular formula is C24H35N5O3S. The van der Waals surface area contributed by atoms with Gasteiger partial charge in [0, 0.05) is 43.3 Å². The number of ether oxygens (including phenoxy) is 1. The number of hydrogen-bond acceptors (Lipinski definition) is 7. The van der Waals surface area contributed by atoms with Crippen molar-refractivity contribution < 1.29 is 14.3 Å². The standard InChI is InChI=1S/C24H35N5O3S/c1-29(2)21-15-22(27-19-8-6-5-7-18(19)21)25-16-9-11-17(12-10-16)26-24(31)28-20(13-14-33-4)23(30)32-3/h5-8,15-17,20H,9-14H2,1-4H3,(H,25,27)(H2,26,28,31). The molecule has 1 atom stereocenters. The molecule has 9 heteroatoms. The second-order valence-electron chi connectivity index (χ2n) is 8.61. The van der Waals surface area contributed by atoms with Gasteiger partial charge >= 0.3 is 12.0 Å². The van der Waals surface area contributed by atoms with Crippen LogP contribution in [0.4, 0.5) is 16.3 Å². The van der Waals surface area contributed by atoms with Crippen LogP contribution in [-0.2, 0) is 9.53 Å². The van der Waals surface area contributed by atoms with Crippen molar-refractivity contribution in [2.45, 2.75) is 50.2 Å². The predicted molar refractivity (Wildman–Crippen MR) is 136 cm³/mol. The molecule has 1 fully saturated rings. The maximum absolute atomic E-state index is 12.4. The number of aromatic nitrogens is 1. The molecule has 2 amide bonds. The number of amides is 2. The SMILES string of the molecule is COC(=O)C(CCSC)NC(=O)NC1CCC(Nc2cc(N(C)C)c3ccccc3n2)CC1. The van der Waals surface area contributed by atoms with Gasteiger partial charge in [0.15, 0.2) is 0 Å². The van der Waals surface area contributed by atoms with Gasteiger partial charge in [-0.2, -0.15) is 11.8 Å². The number of carbonyl (C=O) groups is 2. The van der Waals surface area contributed by atoms with E-state index in [1.807, 2.05) is 38.6 Å². The molecule has 3 rings (SSSR count). The highest BCUT2D eigenvalue weighted by molar-refractivity contribution is 7.98. The van der Waals surface area contributed by atoms with Gasteiger partial charge in [0.25, 0.3) is 0 Å². The normalized spacial score (nSPS) is 18.9. The Hall–Kier alpha value is -2.68. The second-order valence-corrected chi connectivity index (χ2v) is 9.59. The summed E-state index contributed by atoms with van der Waals surface area (Å²) in [6, 6.07) is 9.73. The monoisotopic (exact) mass is 473 g/mol. The third kappa shape index (κ3) is 6.90. The first-order chi connectivity index (χ1) is 15.9. The number of carbonyl (C=O) groups excluding carboxylic acids is 2. The summed E-state index contributed by atoms with van der Waals surface area (Å²) in [5.41, 5.74) is 2.11. The van der Waals surface area contributed by atoms with Gasteiger partial charge in [0.1, 0.15) is 11.9 Å². The number of esters is 1. The number of urea groups is 1. The summed E-state index contributed by atoms with van der Waals surface area (Å²) in [6.07, 6.45) is 6.12. The summed E-state index contributed by atoms with van der Waals surface area (Å²) in [5, 5.41) is 10.5. The van der Waals surface area contributed by atoms with E-state index in [9.17, 15) is 9.59 Å². The highest BCUT2D eigenvalue weighted by Crippen LogP contribution is 2.29. The highest BCUT2D eigenvalue weighted by Gasteiger charge is 2.25. The topological polar surface area (TPSA) is 95.6 Å². The van der Waals surface area contributed by atoms with Gasteiger partial charge in [0.05, 0.1) is 12.6 Å². The molecule has 1 aliphatic carbocycles. The molecule has 1 aromatic heterocycles. The van der Waals surface area contributed by atoms with E-state index in [0.717, 1.165) is 53.8 Å². The van der Waals surface area contributed by atoms with Crippen LogP contribution in [0, 0.1) is 0 Å². The fourth-order valence-corrected chi connectivity index (χ4v) is 4.68. The second kappa shape index (κ2) is 12.0. The molecule has 1 saturated carbocycles. The van der Waals surface area contributed by atoms with Gasteiger partial charge in [-0.05, 0) is 50.2 Å². The Morgan fingerprint density at radius 3 is 2.55 bits per heavy atom. The molecule has 2 aromatic rings. The molecule has 0 aliphatic heterocycles. The van der Waals surface area contributed by atoms with Crippen LogP contribution in [0.15, 0.2) is 30.3 Å². The van der Waals surface area contributed by atoms with Crippen molar-refractivity contribution in [2.75, 3.05) is 43.4 Å². The number of hydrogen-bond donors (Lipinski definition) is 3. The Morgan fingerprint density at radius 1 is 1.18 bits per heavy atom. The van der Waals surface area contributed by atoms with E-state index < -0.39 is 12.0 Å². The zero-order chi connectivity index (χ0) is 23.8. The van der Waals surface area contributed by atoms with Gasteiger partial charge in [-0.1, -0.05) is 18.2 Å². The number of methoxy groups -OCH3 is 1. The molecule has 0 saturated heterocycles. The largest absolute Gasteiger partial charge is 0.467 e. The Labute approximate surface area is 200 Å². The van der Waals surface area contributed by atoms with Crippen molar-refractivity contribution in [3.8, 4) is 0 Å². The number of rotatable bonds is 9. The van der Waals surface area contributed by atoms with Crippen LogP contribution in [0.25, 0.3) is 10.9 Å². The average Bonchev–Trinajstić information content (AvgIpc) is 2.81. The van der Waals surface area contributed by atoms with Crippen LogP contribution >= 0.6 is 11.8 Å². The van der Waals surface area contributed by atoms with Gasteiger partial charge in [0.2, 0.25) is 0 Å². The lowest BCUT2D eigenvalue weighted by atomic mass is 9.91. The average molecular weight is 474 g/mol. The van der Waals surface area contributed by atoms with E-state index in [0.29, 0.717) is 12.5 Å². The molecule has 0 bridgehead atoms. The van der Waals surface area contributed by atoms with Crippen molar-refractivity contribution in [3.63, 3.8) is 0 Å². The third-order valence-corrected chi connectivity index (χ3v) is 6.64. The van der Waals surface area contributed by atoms with Crippen LogP contribution in [0.5, 0.6) is 0 Å². The number of anilines is 2. The lowest BCUT2D eigenvalue weighted by Gasteiger charge is -2.30. The highest BCUT2D eigenvalue weighted by atomic mass is 32.2. The van der Waals surface area contributed by atoms with Gasteiger partial charge in [-0.15, -0.1) is 0 Å². The van der Waals surface area contributed by atoms with Crippen LogP contribution < -0.4 is 20.9 Å². The van der Waals surface area contributed by atoms with Crippen LogP contribution in [0.1, 0.15) is 32.1 Å². The molecule has 1 aromatic carbocycles. The molecule has 180 valence electrons. The fraction of sp³-hybridized carbons (Fsp3) is 0.542. The minimum Gasteiger partial charge on any atom is -0.467 e. The summed E-state index contributed by atoms with van der Waals surface area (Å²) < 4.78 is 4.81. The van der Waals surface area contributed by atoms with E-state index in [4.69, 9.17) is 9.72 Å². The predicted octanol–water partition coefficient (Wildman–Crippen LogP) is 3.62. The fourth-order valence-electron chi connectivity index (χ4n) is 4.20. The summed E-state index contributed by atoms with van der Waals surface area (Å²) in [7, 11) is 5.42. The molecule has 0 spiro atoms. The molecule has 8 nitrogen and oxygen atoms in total. The van der Waals surface area contributed by atoms with Gasteiger partial charge < -0.3 is 25.6 Å². The maximum atomic E-state index is 12.4. The number of pyridine rings is 1. The lowest BCUT2D eigenvalue weighted by Crippen LogP contribution is -2.50. The maximum Gasteiger partial charge on any atom is 0.328 e.